The van der Waals surface area contributed by atoms with E-state index in [4.69, 9.17) is 15.5 Å². The summed E-state index contributed by atoms with van der Waals surface area (Å²) in [6.07, 6.45) is -1.30. The van der Waals surface area contributed by atoms with E-state index in [9.17, 15) is 14.2 Å². The van der Waals surface area contributed by atoms with E-state index in [2.05, 4.69) is 19.5 Å². The minimum absolute atomic E-state index is 0.0397. The van der Waals surface area contributed by atoms with E-state index in [1.54, 1.807) is 6.92 Å². The van der Waals surface area contributed by atoms with Crippen LogP contribution in [0.1, 0.15) is 5.69 Å². The molecule has 0 atom stereocenters. The van der Waals surface area contributed by atoms with Crippen LogP contribution in [-0.2, 0) is 20.9 Å². The molecule has 2 heterocycles. The van der Waals surface area contributed by atoms with Gasteiger partial charge < -0.3 is 20.3 Å². The first-order valence-corrected chi connectivity index (χ1v) is 7.24. The molecule has 0 saturated carbocycles. The van der Waals surface area contributed by atoms with E-state index in [1.807, 2.05) is 0 Å². The quantitative estimate of drug-likeness (QED) is 0.470. The molecule has 2 aromatic heterocycles. The van der Waals surface area contributed by atoms with Crippen LogP contribution in [0.15, 0.2) is 4.79 Å². The first-order valence-electron chi connectivity index (χ1n) is 5.71. The van der Waals surface area contributed by atoms with Crippen LogP contribution in [-0.4, -0.2) is 42.2 Å². The Morgan fingerprint density at radius 2 is 2.05 bits per heavy atom. The number of hydrogen-bond donors (Lipinski definition) is 3. The van der Waals surface area contributed by atoms with Crippen LogP contribution in [0.4, 0.5) is 10.6 Å². The van der Waals surface area contributed by atoms with E-state index in [1.165, 1.54) is 11.7 Å². The molecule has 4 N–H and O–H groups in total. The lowest BCUT2D eigenvalue weighted by molar-refractivity contribution is 0.0385. The number of hydrogen-bond acceptors (Lipinski definition) is 8. The molecule has 0 aliphatic carbocycles. The van der Waals surface area contributed by atoms with Gasteiger partial charge in [0.1, 0.15) is 5.52 Å². The molecule has 13 heteroatoms. The van der Waals surface area contributed by atoms with Gasteiger partial charge in [0.15, 0.2) is 5.82 Å². The summed E-state index contributed by atoms with van der Waals surface area (Å²) in [5, 5.41) is 7.91. The monoisotopic (exact) mass is 333 g/mol. The Kier molecular flexibility index (Phi) is 4.02. The predicted octanol–water partition coefficient (Wildman–Crippen LogP) is -0.928. The van der Waals surface area contributed by atoms with Crippen LogP contribution in [0, 0.1) is 6.92 Å². The standard InChI is InChI=1S/C9H12N5O7P/c1-4-5-6(13(2)11-4)8(15)14(12-7(5)10)9(16)20-3-21-22(17,18)19/h3H2,1-2H3,(H2,10,12)(H2,17,18,19). The summed E-state index contributed by atoms with van der Waals surface area (Å²) >= 11 is 0. The molecule has 0 bridgehead atoms. The van der Waals surface area contributed by atoms with Crippen molar-refractivity contribution in [3.8, 4) is 0 Å². The van der Waals surface area contributed by atoms with Gasteiger partial charge in [-0.2, -0.15) is 5.10 Å². The highest BCUT2D eigenvalue weighted by atomic mass is 31.2. The molecule has 0 spiro atoms. The van der Waals surface area contributed by atoms with Crippen molar-refractivity contribution in [3.63, 3.8) is 0 Å². The highest BCUT2D eigenvalue weighted by Crippen LogP contribution is 2.35. The van der Waals surface area contributed by atoms with Crippen molar-refractivity contribution in [1.29, 1.82) is 0 Å². The number of nitrogens with two attached hydrogens (primary N) is 1. The summed E-state index contributed by atoms with van der Waals surface area (Å²) in [5.41, 5.74) is 5.35. The maximum absolute atomic E-state index is 12.2. The fourth-order valence-electron chi connectivity index (χ4n) is 1.84. The molecule has 0 unspecified atom stereocenters. The van der Waals surface area contributed by atoms with Gasteiger partial charge in [0, 0.05) is 7.05 Å². The van der Waals surface area contributed by atoms with Crippen molar-refractivity contribution in [1.82, 2.24) is 19.6 Å². The lowest BCUT2D eigenvalue weighted by Crippen LogP contribution is -2.32. The number of anilines is 1. The van der Waals surface area contributed by atoms with Crippen LogP contribution >= 0.6 is 7.82 Å². The molecule has 0 amide bonds. The normalized spacial score (nSPS) is 11.8. The highest BCUT2D eigenvalue weighted by molar-refractivity contribution is 7.46. The van der Waals surface area contributed by atoms with Gasteiger partial charge in [-0.3, -0.25) is 9.48 Å². The molecular weight excluding hydrogens is 321 g/mol. The molecule has 0 radical (unpaired) electrons. The predicted molar refractivity (Wildman–Crippen MR) is 71.8 cm³/mol. The van der Waals surface area contributed by atoms with Gasteiger partial charge in [0.25, 0.3) is 0 Å². The van der Waals surface area contributed by atoms with Crippen LogP contribution in [0.25, 0.3) is 10.9 Å². The zero-order valence-corrected chi connectivity index (χ0v) is 12.4. The minimum atomic E-state index is -4.80. The second-order valence-corrected chi connectivity index (χ2v) is 5.42. The third kappa shape index (κ3) is 2.99. The third-order valence-corrected chi connectivity index (χ3v) is 3.10. The summed E-state index contributed by atoms with van der Waals surface area (Å²) in [6.45, 7) is 0.565. The van der Waals surface area contributed by atoms with Crippen molar-refractivity contribution >= 4 is 30.6 Å². The number of nitrogen functional groups attached to an aromatic ring is 1. The first-order chi connectivity index (χ1) is 10.1. The summed E-state index contributed by atoms with van der Waals surface area (Å²) in [5.74, 6) is -0.118. The largest absolute Gasteiger partial charge is 0.472 e. The Hall–Kier alpha value is -2.27. The average Bonchev–Trinajstić information content (AvgIpc) is 2.68. The number of phosphoric acid groups is 1. The van der Waals surface area contributed by atoms with E-state index in [0.717, 1.165) is 0 Å². The topological polar surface area (TPSA) is 172 Å². The lowest BCUT2D eigenvalue weighted by Gasteiger charge is -2.08. The van der Waals surface area contributed by atoms with Crippen LogP contribution < -0.4 is 11.3 Å². The number of carbonyl (C=O) groups excluding carboxylic acids is 1. The highest BCUT2D eigenvalue weighted by Gasteiger charge is 2.21. The van der Waals surface area contributed by atoms with Crippen molar-refractivity contribution in [2.75, 3.05) is 12.5 Å². The van der Waals surface area contributed by atoms with Crippen LogP contribution in [0.2, 0.25) is 0 Å². The Bertz CT molecular complexity index is 850. The van der Waals surface area contributed by atoms with Crippen molar-refractivity contribution in [3.05, 3.63) is 16.0 Å². The molecule has 12 nitrogen and oxygen atoms in total. The van der Waals surface area contributed by atoms with E-state index in [-0.39, 0.29) is 11.3 Å². The molecule has 2 rings (SSSR count). The van der Waals surface area contributed by atoms with Crippen molar-refractivity contribution < 1.29 is 28.4 Å². The molecule has 0 aliphatic rings. The van der Waals surface area contributed by atoms with Gasteiger partial charge in [0.2, 0.25) is 6.79 Å². The molecular formula is C9H12N5O7P. The van der Waals surface area contributed by atoms with E-state index < -0.39 is 26.3 Å². The molecule has 2 aromatic rings. The number of carbonyl (C=O) groups is 1. The van der Waals surface area contributed by atoms with Gasteiger partial charge in [0.05, 0.1) is 11.1 Å². The van der Waals surface area contributed by atoms with Gasteiger partial charge in [-0.25, -0.2) is 13.9 Å². The fraction of sp³-hybridized carbons (Fsp3) is 0.333. The first kappa shape index (κ1) is 16.1. The maximum atomic E-state index is 12.2. The fourth-order valence-corrected chi connectivity index (χ4v) is 2.03. The number of rotatable bonds is 3. The Morgan fingerprint density at radius 3 is 2.64 bits per heavy atom. The van der Waals surface area contributed by atoms with Gasteiger partial charge >= 0.3 is 19.5 Å². The maximum Gasteiger partial charge on any atom is 0.472 e. The third-order valence-electron chi connectivity index (χ3n) is 2.66. The summed E-state index contributed by atoms with van der Waals surface area (Å²) in [4.78, 5) is 40.9. The lowest BCUT2D eigenvalue weighted by atomic mass is 10.3. The van der Waals surface area contributed by atoms with Crippen molar-refractivity contribution in [2.24, 2.45) is 7.05 Å². The van der Waals surface area contributed by atoms with E-state index >= 15 is 0 Å². The second-order valence-electron chi connectivity index (χ2n) is 4.18. The summed E-state index contributed by atoms with van der Waals surface area (Å²) in [6, 6.07) is 0. The van der Waals surface area contributed by atoms with Crippen LogP contribution in [0.3, 0.4) is 0 Å². The van der Waals surface area contributed by atoms with E-state index in [0.29, 0.717) is 15.8 Å². The minimum Gasteiger partial charge on any atom is -0.420 e. The molecule has 120 valence electrons. The zero-order valence-electron chi connectivity index (χ0n) is 11.5. The number of phosphoric ester groups is 1. The van der Waals surface area contributed by atoms with Crippen LogP contribution in [0.5, 0.6) is 0 Å². The smallest absolute Gasteiger partial charge is 0.420 e. The number of ether oxygens (including phenoxy) is 1. The Balaban J connectivity index is 2.38. The zero-order chi connectivity index (χ0) is 16.7. The van der Waals surface area contributed by atoms with Gasteiger partial charge in [-0.15, -0.1) is 9.78 Å². The Morgan fingerprint density at radius 1 is 1.41 bits per heavy atom. The molecule has 0 aromatic carbocycles. The second kappa shape index (κ2) is 5.50. The molecule has 0 saturated heterocycles. The number of aryl methyl sites for hydroxylation is 2. The van der Waals surface area contributed by atoms with Gasteiger partial charge in [-0.1, -0.05) is 0 Å². The van der Waals surface area contributed by atoms with Crippen molar-refractivity contribution in [2.45, 2.75) is 6.92 Å². The summed E-state index contributed by atoms with van der Waals surface area (Å²) in [7, 11) is -3.31. The average molecular weight is 333 g/mol. The number of nitrogens with zero attached hydrogens (tertiary/aromatic N) is 4. The number of aromatic nitrogens is 4. The molecule has 0 fully saturated rings. The summed E-state index contributed by atoms with van der Waals surface area (Å²) < 4.78 is 20.4. The molecule has 22 heavy (non-hydrogen) atoms. The number of fused-ring (bicyclic) bond motifs is 1. The SMILES string of the molecule is Cc1nn(C)c2c(=O)n(C(=O)OCOP(=O)(O)O)nc(N)c12. The van der Waals surface area contributed by atoms with Gasteiger partial charge in [-0.05, 0) is 6.92 Å². The Labute approximate surface area is 122 Å². The molecule has 0 aliphatic heterocycles.